The van der Waals surface area contributed by atoms with Gasteiger partial charge in [-0.15, -0.1) is 0 Å². The second-order valence-corrected chi connectivity index (χ2v) is 12.1. The Kier molecular flexibility index (Phi) is 6.27. The number of aromatic nitrogens is 2. The van der Waals surface area contributed by atoms with Crippen LogP contribution in [0.25, 0.3) is 21.5 Å². The van der Waals surface area contributed by atoms with E-state index in [2.05, 4.69) is 10.1 Å². The van der Waals surface area contributed by atoms with Crippen LogP contribution in [0.3, 0.4) is 0 Å². The van der Waals surface area contributed by atoms with Crippen LogP contribution in [-0.4, -0.2) is 46.5 Å². The fourth-order valence-electron chi connectivity index (χ4n) is 6.41. The van der Waals surface area contributed by atoms with E-state index in [1.807, 2.05) is 13.0 Å². The topological polar surface area (TPSA) is 97.9 Å². The smallest absolute Gasteiger partial charge is 0.335 e. The second-order valence-electron chi connectivity index (χ2n) is 11.1. The predicted molar refractivity (Wildman–Crippen MR) is 149 cm³/mol. The van der Waals surface area contributed by atoms with Gasteiger partial charge >= 0.3 is 5.97 Å². The monoisotopic (exact) mass is 563 g/mol. The molecular formula is C30H30FN3O5S. The Morgan fingerprint density at radius 3 is 2.65 bits per heavy atom. The van der Waals surface area contributed by atoms with Crippen LogP contribution < -0.4 is 9.64 Å². The molecule has 0 spiro atoms. The van der Waals surface area contributed by atoms with E-state index >= 15 is 0 Å². The molecule has 3 aliphatic rings. The molecule has 2 aromatic heterocycles. The number of benzene rings is 2. The van der Waals surface area contributed by atoms with Gasteiger partial charge in [-0.2, -0.15) is 0 Å². The molecule has 2 bridgehead atoms. The molecule has 7 rings (SSSR count). The minimum Gasteiger partial charge on any atom is -0.494 e. The SMILES string of the molecule is COc1cc(C(=O)O)cc2sc(N3C4CCC3CC(OCc3c(-c5c(C)cccc5F)noc3C3CC3)C4)nc12. The summed E-state index contributed by atoms with van der Waals surface area (Å²) < 4.78 is 33.4. The quantitative estimate of drug-likeness (QED) is 0.253. The summed E-state index contributed by atoms with van der Waals surface area (Å²) in [6, 6.07) is 8.84. The molecule has 3 fully saturated rings. The van der Waals surface area contributed by atoms with E-state index in [0.29, 0.717) is 35.0 Å². The fraction of sp³-hybridized carbons (Fsp3) is 0.433. The van der Waals surface area contributed by atoms with Crippen LogP contribution >= 0.6 is 11.3 Å². The standard InChI is InChI=1S/C30H30FN3O5S/c1-15-4-3-5-22(31)25(15)26-21(28(39-33-26)16-6-7-16)14-38-20-12-18-8-9-19(13-20)34(18)30-32-27-23(37-2)10-17(29(35)36)11-24(27)40-30/h3-5,10-11,16,18-20H,6-9,12-14H2,1-2H3,(H,35,36). The first-order valence-electron chi connectivity index (χ1n) is 13.8. The number of hydrogen-bond acceptors (Lipinski definition) is 8. The van der Waals surface area contributed by atoms with E-state index in [-0.39, 0.29) is 29.6 Å². The summed E-state index contributed by atoms with van der Waals surface area (Å²) in [5.74, 6) is 0.360. The van der Waals surface area contributed by atoms with Crippen LogP contribution in [0, 0.1) is 12.7 Å². The Morgan fingerprint density at radius 2 is 1.98 bits per heavy atom. The maximum atomic E-state index is 14.9. The normalized spacial score (nSPS) is 22.3. The van der Waals surface area contributed by atoms with Gasteiger partial charge in [-0.1, -0.05) is 28.6 Å². The second kappa shape index (κ2) is 9.85. The van der Waals surface area contributed by atoms with Gasteiger partial charge in [0.1, 0.15) is 28.5 Å². The first-order chi connectivity index (χ1) is 19.4. The molecule has 10 heteroatoms. The summed E-state index contributed by atoms with van der Waals surface area (Å²) in [5, 5.41) is 14.7. The van der Waals surface area contributed by atoms with E-state index in [4.69, 9.17) is 19.0 Å². The molecule has 1 aliphatic carbocycles. The van der Waals surface area contributed by atoms with Crippen LogP contribution in [0.1, 0.15) is 71.7 Å². The van der Waals surface area contributed by atoms with Crippen molar-refractivity contribution in [3.63, 3.8) is 0 Å². The van der Waals surface area contributed by atoms with Crippen LogP contribution in [-0.2, 0) is 11.3 Å². The number of carbonyl (C=O) groups is 1. The lowest BCUT2D eigenvalue weighted by atomic mass is 9.99. The third-order valence-electron chi connectivity index (χ3n) is 8.52. The lowest BCUT2D eigenvalue weighted by Crippen LogP contribution is -2.45. The lowest BCUT2D eigenvalue weighted by molar-refractivity contribution is 0.0147. The van der Waals surface area contributed by atoms with Gasteiger partial charge in [0, 0.05) is 29.1 Å². The Hall–Kier alpha value is -3.50. The fourth-order valence-corrected chi connectivity index (χ4v) is 7.58. The number of aromatic carboxylic acids is 1. The summed E-state index contributed by atoms with van der Waals surface area (Å²) >= 11 is 1.51. The number of thiazole rings is 1. The summed E-state index contributed by atoms with van der Waals surface area (Å²) in [7, 11) is 1.54. The highest BCUT2D eigenvalue weighted by atomic mass is 32.1. The maximum Gasteiger partial charge on any atom is 0.335 e. The number of anilines is 1. The summed E-state index contributed by atoms with van der Waals surface area (Å²) in [5.41, 5.74) is 3.63. The largest absolute Gasteiger partial charge is 0.494 e. The zero-order chi connectivity index (χ0) is 27.5. The molecular weight excluding hydrogens is 533 g/mol. The number of ether oxygens (including phenoxy) is 2. The Labute approximate surface area is 234 Å². The Balaban J connectivity index is 1.11. The van der Waals surface area contributed by atoms with Crippen molar-refractivity contribution < 1.29 is 28.3 Å². The van der Waals surface area contributed by atoms with Gasteiger partial charge < -0.3 is 24.0 Å². The van der Waals surface area contributed by atoms with Crippen LogP contribution in [0.5, 0.6) is 5.75 Å². The number of aryl methyl sites for hydroxylation is 1. The van der Waals surface area contributed by atoms with Gasteiger partial charge in [-0.3, -0.25) is 0 Å². The first-order valence-corrected chi connectivity index (χ1v) is 14.6. The van der Waals surface area contributed by atoms with Crippen molar-refractivity contribution in [2.45, 2.75) is 76.2 Å². The number of methoxy groups -OCH3 is 1. The molecule has 2 unspecified atom stereocenters. The van der Waals surface area contributed by atoms with Gasteiger partial charge in [0.2, 0.25) is 0 Å². The summed E-state index contributed by atoms with van der Waals surface area (Å²) in [4.78, 5) is 18.9. The van der Waals surface area contributed by atoms with E-state index in [1.54, 1.807) is 12.1 Å². The highest BCUT2D eigenvalue weighted by molar-refractivity contribution is 7.22. The number of piperidine rings is 1. The first kappa shape index (κ1) is 25.5. The average Bonchev–Trinajstić information content (AvgIpc) is 3.46. The van der Waals surface area contributed by atoms with Crippen molar-refractivity contribution in [2.75, 3.05) is 12.0 Å². The number of rotatable bonds is 8. The van der Waals surface area contributed by atoms with E-state index in [0.717, 1.165) is 65.2 Å². The predicted octanol–water partition coefficient (Wildman–Crippen LogP) is 6.70. The van der Waals surface area contributed by atoms with Crippen molar-refractivity contribution >= 4 is 32.7 Å². The molecule has 40 heavy (non-hydrogen) atoms. The van der Waals surface area contributed by atoms with Crippen molar-refractivity contribution in [1.29, 1.82) is 0 Å². The van der Waals surface area contributed by atoms with Crippen molar-refractivity contribution in [3.05, 3.63) is 58.6 Å². The summed E-state index contributed by atoms with van der Waals surface area (Å²) in [6.07, 6.45) is 6.01. The van der Waals surface area contributed by atoms with Gasteiger partial charge in [-0.05, 0) is 69.2 Å². The number of halogens is 1. The number of carboxylic acids is 1. The minimum absolute atomic E-state index is 0.0628. The lowest BCUT2D eigenvalue weighted by Gasteiger charge is -2.38. The molecule has 4 aromatic rings. The van der Waals surface area contributed by atoms with Crippen LogP contribution in [0.2, 0.25) is 0 Å². The zero-order valence-corrected chi connectivity index (χ0v) is 23.2. The highest BCUT2D eigenvalue weighted by Crippen LogP contribution is 2.47. The maximum absolute atomic E-state index is 14.9. The highest BCUT2D eigenvalue weighted by Gasteiger charge is 2.43. The Bertz CT molecular complexity index is 1580. The van der Waals surface area contributed by atoms with E-state index in [9.17, 15) is 14.3 Å². The minimum atomic E-state index is -0.987. The number of carboxylic acid groups (broad SMARTS) is 1. The molecule has 2 aromatic carbocycles. The van der Waals surface area contributed by atoms with Crippen molar-refractivity contribution in [1.82, 2.24) is 10.1 Å². The molecule has 208 valence electrons. The number of nitrogens with zero attached hydrogens (tertiary/aromatic N) is 3. The Morgan fingerprint density at radius 1 is 1.20 bits per heavy atom. The number of hydrogen-bond donors (Lipinski definition) is 1. The zero-order valence-electron chi connectivity index (χ0n) is 22.4. The van der Waals surface area contributed by atoms with Gasteiger partial charge in [0.15, 0.2) is 5.13 Å². The molecule has 1 N–H and O–H groups in total. The van der Waals surface area contributed by atoms with E-state index < -0.39 is 5.97 Å². The molecule has 4 heterocycles. The van der Waals surface area contributed by atoms with E-state index in [1.165, 1.54) is 30.6 Å². The third kappa shape index (κ3) is 4.34. The molecule has 0 amide bonds. The van der Waals surface area contributed by atoms with Gasteiger partial charge in [0.25, 0.3) is 0 Å². The van der Waals surface area contributed by atoms with Gasteiger partial charge in [0.05, 0.1) is 30.1 Å². The van der Waals surface area contributed by atoms with Crippen LogP contribution in [0.4, 0.5) is 9.52 Å². The molecule has 2 atom stereocenters. The van der Waals surface area contributed by atoms with Crippen molar-refractivity contribution in [2.24, 2.45) is 0 Å². The average molecular weight is 564 g/mol. The van der Waals surface area contributed by atoms with Crippen LogP contribution in [0.15, 0.2) is 34.9 Å². The van der Waals surface area contributed by atoms with Gasteiger partial charge in [-0.25, -0.2) is 14.2 Å². The van der Waals surface area contributed by atoms with Crippen molar-refractivity contribution in [3.8, 4) is 17.0 Å². The summed E-state index contributed by atoms with van der Waals surface area (Å²) in [6.45, 7) is 2.24. The molecule has 2 saturated heterocycles. The molecule has 2 aliphatic heterocycles. The molecule has 0 radical (unpaired) electrons. The third-order valence-corrected chi connectivity index (χ3v) is 9.53. The number of fused-ring (bicyclic) bond motifs is 3. The molecule has 1 saturated carbocycles. The molecule has 8 nitrogen and oxygen atoms in total.